The van der Waals surface area contributed by atoms with Crippen molar-refractivity contribution in [2.75, 3.05) is 19.7 Å². The minimum Gasteiger partial charge on any atom is -0.493 e. The molecule has 0 bridgehead atoms. The molecule has 1 aliphatic heterocycles. The minimum absolute atomic E-state index is 0.0482. The zero-order chi connectivity index (χ0) is 15.9. The number of carbonyl (C=O) groups excluding carboxylic acids is 1. The zero-order valence-electron chi connectivity index (χ0n) is 14.0. The summed E-state index contributed by atoms with van der Waals surface area (Å²) in [7, 11) is 0. The summed E-state index contributed by atoms with van der Waals surface area (Å²) in [6, 6.07) is 7.99. The lowest BCUT2D eigenvalue weighted by Gasteiger charge is -2.30. The highest BCUT2D eigenvalue weighted by molar-refractivity contribution is 5.74. The van der Waals surface area contributed by atoms with E-state index in [9.17, 15) is 4.79 Å². The smallest absolute Gasteiger partial charge is 0.317 e. The average molecular weight is 304 g/mol. The van der Waals surface area contributed by atoms with Crippen LogP contribution < -0.4 is 10.1 Å². The van der Waals surface area contributed by atoms with Gasteiger partial charge in [0.1, 0.15) is 5.75 Å². The largest absolute Gasteiger partial charge is 0.493 e. The van der Waals surface area contributed by atoms with Crippen molar-refractivity contribution in [3.05, 3.63) is 29.8 Å². The molecule has 0 atom stereocenters. The Labute approximate surface area is 133 Å². The highest BCUT2D eigenvalue weighted by atomic mass is 16.5. The van der Waals surface area contributed by atoms with Crippen LogP contribution in [0.5, 0.6) is 5.75 Å². The van der Waals surface area contributed by atoms with E-state index in [4.69, 9.17) is 4.74 Å². The van der Waals surface area contributed by atoms with Crippen LogP contribution in [0.25, 0.3) is 0 Å². The van der Waals surface area contributed by atoms with Gasteiger partial charge in [0.15, 0.2) is 0 Å². The number of piperidine rings is 1. The fourth-order valence-electron chi connectivity index (χ4n) is 2.47. The molecule has 0 aliphatic carbocycles. The minimum atomic E-state index is 0.0482. The van der Waals surface area contributed by atoms with Crippen LogP contribution in [0.15, 0.2) is 24.3 Å². The first-order valence-electron chi connectivity index (χ1n) is 8.29. The van der Waals surface area contributed by atoms with Gasteiger partial charge in [0.25, 0.3) is 0 Å². The maximum Gasteiger partial charge on any atom is 0.317 e. The van der Waals surface area contributed by atoms with Crippen molar-refractivity contribution in [2.45, 2.75) is 40.2 Å². The van der Waals surface area contributed by atoms with Gasteiger partial charge in [-0.3, -0.25) is 0 Å². The highest BCUT2D eigenvalue weighted by Gasteiger charge is 2.19. The second-order valence-electron chi connectivity index (χ2n) is 6.68. The molecule has 1 aromatic rings. The molecular formula is C18H28N2O2. The van der Waals surface area contributed by atoms with E-state index in [0.717, 1.165) is 49.8 Å². The third kappa shape index (κ3) is 5.24. The monoisotopic (exact) mass is 304 g/mol. The molecule has 1 aliphatic rings. The Kier molecular flexibility index (Phi) is 6.10. The lowest BCUT2D eigenvalue weighted by molar-refractivity contribution is 0.173. The topological polar surface area (TPSA) is 41.6 Å². The maximum absolute atomic E-state index is 12.1. The standard InChI is InChI=1S/C18H28N2O2/c1-14(2)13-22-17-6-4-16(5-7-17)12-19-18(21)20-10-8-15(3)9-11-20/h4-7,14-15H,8-13H2,1-3H3,(H,19,21). The number of nitrogens with one attached hydrogen (secondary N) is 1. The summed E-state index contributed by atoms with van der Waals surface area (Å²) in [4.78, 5) is 14.0. The molecule has 1 aromatic carbocycles. The van der Waals surface area contributed by atoms with Crippen molar-refractivity contribution in [1.29, 1.82) is 0 Å². The second-order valence-corrected chi connectivity index (χ2v) is 6.68. The number of carbonyl (C=O) groups is 1. The van der Waals surface area contributed by atoms with Crippen LogP contribution in [0.4, 0.5) is 4.79 Å². The van der Waals surface area contributed by atoms with Crippen molar-refractivity contribution in [3.63, 3.8) is 0 Å². The van der Waals surface area contributed by atoms with Gasteiger partial charge in [-0.1, -0.05) is 32.9 Å². The van der Waals surface area contributed by atoms with Gasteiger partial charge in [0, 0.05) is 19.6 Å². The summed E-state index contributed by atoms with van der Waals surface area (Å²) < 4.78 is 5.66. The molecule has 2 rings (SSSR count). The predicted molar refractivity (Wildman–Crippen MR) is 89.0 cm³/mol. The first-order chi connectivity index (χ1) is 10.5. The van der Waals surface area contributed by atoms with Crippen molar-refractivity contribution < 1.29 is 9.53 Å². The number of likely N-dealkylation sites (tertiary alicyclic amines) is 1. The van der Waals surface area contributed by atoms with Gasteiger partial charge < -0.3 is 15.0 Å². The SMILES string of the molecule is CC(C)COc1ccc(CNC(=O)N2CCC(C)CC2)cc1. The molecule has 22 heavy (non-hydrogen) atoms. The van der Waals surface area contributed by atoms with Crippen LogP contribution in [0.2, 0.25) is 0 Å². The van der Waals surface area contributed by atoms with Crippen molar-refractivity contribution in [1.82, 2.24) is 10.2 Å². The molecule has 1 heterocycles. The molecular weight excluding hydrogens is 276 g/mol. The van der Waals surface area contributed by atoms with Gasteiger partial charge in [0.2, 0.25) is 0 Å². The molecule has 0 aromatic heterocycles. The Bertz CT molecular complexity index is 462. The molecule has 4 heteroatoms. The molecule has 0 saturated carbocycles. The molecule has 122 valence electrons. The van der Waals surface area contributed by atoms with Gasteiger partial charge in [-0.2, -0.15) is 0 Å². The van der Waals surface area contributed by atoms with E-state index < -0.39 is 0 Å². The fraction of sp³-hybridized carbons (Fsp3) is 0.611. The predicted octanol–water partition coefficient (Wildman–Crippen LogP) is 3.66. The number of nitrogens with zero attached hydrogens (tertiary/aromatic N) is 1. The van der Waals surface area contributed by atoms with E-state index in [0.29, 0.717) is 12.5 Å². The fourth-order valence-corrected chi connectivity index (χ4v) is 2.47. The lowest BCUT2D eigenvalue weighted by atomic mass is 10.00. The van der Waals surface area contributed by atoms with E-state index in [1.54, 1.807) is 0 Å². The number of hydrogen-bond acceptors (Lipinski definition) is 2. The number of ether oxygens (including phenoxy) is 1. The normalized spacial score (nSPS) is 15.9. The number of hydrogen-bond donors (Lipinski definition) is 1. The second kappa shape index (κ2) is 8.06. The maximum atomic E-state index is 12.1. The quantitative estimate of drug-likeness (QED) is 0.902. The van der Waals surface area contributed by atoms with E-state index >= 15 is 0 Å². The first-order valence-corrected chi connectivity index (χ1v) is 8.29. The van der Waals surface area contributed by atoms with Crippen LogP contribution in [-0.4, -0.2) is 30.6 Å². The van der Waals surface area contributed by atoms with Crippen LogP contribution >= 0.6 is 0 Å². The van der Waals surface area contributed by atoms with Crippen LogP contribution in [0.1, 0.15) is 39.2 Å². The summed E-state index contributed by atoms with van der Waals surface area (Å²) in [6.07, 6.45) is 2.21. The van der Waals surface area contributed by atoms with Gasteiger partial charge in [-0.25, -0.2) is 4.79 Å². The molecule has 2 amide bonds. The molecule has 1 N–H and O–H groups in total. The Morgan fingerprint density at radius 2 is 1.91 bits per heavy atom. The molecule has 1 saturated heterocycles. The summed E-state index contributed by atoms with van der Waals surface area (Å²) in [5, 5.41) is 3.00. The number of amides is 2. The number of benzene rings is 1. The molecule has 4 nitrogen and oxygen atoms in total. The van der Waals surface area contributed by atoms with Crippen molar-refractivity contribution in [2.24, 2.45) is 11.8 Å². The van der Waals surface area contributed by atoms with Gasteiger partial charge in [-0.15, -0.1) is 0 Å². The third-order valence-corrected chi connectivity index (χ3v) is 4.02. The van der Waals surface area contributed by atoms with Gasteiger partial charge in [-0.05, 0) is 42.4 Å². The first kappa shape index (κ1) is 16.7. The summed E-state index contributed by atoms with van der Waals surface area (Å²) >= 11 is 0. The average Bonchev–Trinajstić information content (AvgIpc) is 2.52. The Morgan fingerprint density at radius 3 is 2.50 bits per heavy atom. The number of urea groups is 1. The summed E-state index contributed by atoms with van der Waals surface area (Å²) in [6.45, 7) is 9.54. The highest BCUT2D eigenvalue weighted by Crippen LogP contribution is 2.16. The number of rotatable bonds is 5. The van der Waals surface area contributed by atoms with E-state index in [1.807, 2.05) is 29.2 Å². The van der Waals surface area contributed by atoms with E-state index in [2.05, 4.69) is 26.1 Å². The summed E-state index contributed by atoms with van der Waals surface area (Å²) in [5.74, 6) is 2.14. The third-order valence-electron chi connectivity index (χ3n) is 4.02. The lowest BCUT2D eigenvalue weighted by Crippen LogP contribution is -2.43. The van der Waals surface area contributed by atoms with Crippen LogP contribution in [0.3, 0.4) is 0 Å². The van der Waals surface area contributed by atoms with E-state index in [1.165, 1.54) is 0 Å². The van der Waals surface area contributed by atoms with Crippen molar-refractivity contribution in [3.8, 4) is 5.75 Å². The molecule has 1 fully saturated rings. The van der Waals surface area contributed by atoms with E-state index in [-0.39, 0.29) is 6.03 Å². The molecule has 0 spiro atoms. The Hall–Kier alpha value is -1.71. The summed E-state index contributed by atoms with van der Waals surface area (Å²) in [5.41, 5.74) is 1.09. The Balaban J connectivity index is 1.75. The van der Waals surface area contributed by atoms with Crippen LogP contribution in [0, 0.1) is 11.8 Å². The zero-order valence-corrected chi connectivity index (χ0v) is 14.0. The van der Waals surface area contributed by atoms with Gasteiger partial charge in [0.05, 0.1) is 6.61 Å². The van der Waals surface area contributed by atoms with Crippen LogP contribution in [-0.2, 0) is 6.54 Å². The molecule has 0 unspecified atom stereocenters. The van der Waals surface area contributed by atoms with Gasteiger partial charge >= 0.3 is 6.03 Å². The van der Waals surface area contributed by atoms with Crippen molar-refractivity contribution >= 4 is 6.03 Å². The Morgan fingerprint density at radius 1 is 1.27 bits per heavy atom. The molecule has 0 radical (unpaired) electrons.